The minimum absolute atomic E-state index is 0.0146. The van der Waals surface area contributed by atoms with Gasteiger partial charge in [0.25, 0.3) is 5.56 Å². The van der Waals surface area contributed by atoms with E-state index in [1.165, 1.54) is 33.4 Å². The molecule has 0 amide bonds. The van der Waals surface area contributed by atoms with Crippen LogP contribution in [0.1, 0.15) is 23.4 Å². The lowest BCUT2D eigenvalue weighted by Crippen LogP contribution is -2.29. The molecule has 1 aliphatic heterocycles. The van der Waals surface area contributed by atoms with E-state index in [1.807, 2.05) is 12.3 Å². The third-order valence-electron chi connectivity index (χ3n) is 5.24. The smallest absolute Gasteiger partial charge is 0.259 e. The highest BCUT2D eigenvalue weighted by Gasteiger charge is 2.17. The fraction of sp³-hybridized carbons (Fsp3) is 0.238. The van der Waals surface area contributed by atoms with Crippen molar-refractivity contribution in [1.82, 2.24) is 19.3 Å². The van der Waals surface area contributed by atoms with Crippen molar-refractivity contribution in [3.8, 4) is 0 Å². The quantitative estimate of drug-likeness (QED) is 0.591. The summed E-state index contributed by atoms with van der Waals surface area (Å²) in [6, 6.07) is 10.1. The normalized spacial score (nSPS) is 15.5. The van der Waals surface area contributed by atoms with Crippen LogP contribution in [0.5, 0.6) is 0 Å². The van der Waals surface area contributed by atoms with Crippen LogP contribution in [-0.4, -0.2) is 32.4 Å². The molecule has 6 heteroatoms. The lowest BCUT2D eigenvalue weighted by molar-refractivity contribution is 0.290. The number of H-pyrrole nitrogens is 1. The zero-order chi connectivity index (χ0) is 18.4. The molecule has 4 aromatic rings. The summed E-state index contributed by atoms with van der Waals surface area (Å²) in [6.07, 6.45) is 5.42. The lowest BCUT2D eigenvalue weighted by Gasteiger charge is -2.25. The number of benzene rings is 1. The van der Waals surface area contributed by atoms with Crippen LogP contribution in [0.3, 0.4) is 0 Å². The van der Waals surface area contributed by atoms with E-state index in [2.05, 4.69) is 51.4 Å². The molecule has 5 nitrogen and oxygen atoms in total. The molecule has 0 radical (unpaired) electrons. The SMILES string of the molecule is Cc1csc2nc(CN3CC=C(c4c[nH]c5ccccc45)CC3)cc(=O)n12. The molecule has 0 spiro atoms. The molecule has 1 N–H and O–H groups in total. The highest BCUT2D eigenvalue weighted by atomic mass is 32.1. The third-order valence-corrected chi connectivity index (χ3v) is 6.19. The summed E-state index contributed by atoms with van der Waals surface area (Å²) in [5.74, 6) is 0. The summed E-state index contributed by atoms with van der Waals surface area (Å²) < 4.78 is 1.68. The van der Waals surface area contributed by atoms with Crippen molar-refractivity contribution in [2.45, 2.75) is 19.9 Å². The van der Waals surface area contributed by atoms with Crippen LogP contribution in [0, 0.1) is 6.92 Å². The first-order valence-electron chi connectivity index (χ1n) is 9.14. The van der Waals surface area contributed by atoms with Crippen LogP contribution in [0.15, 0.2) is 52.8 Å². The largest absolute Gasteiger partial charge is 0.361 e. The van der Waals surface area contributed by atoms with E-state index in [0.717, 1.165) is 35.9 Å². The van der Waals surface area contributed by atoms with Gasteiger partial charge in [0.1, 0.15) is 0 Å². The van der Waals surface area contributed by atoms with Gasteiger partial charge in [0.05, 0.1) is 5.69 Å². The van der Waals surface area contributed by atoms with Gasteiger partial charge in [-0.2, -0.15) is 0 Å². The standard InChI is InChI=1S/C21H20N4OS/c1-14-13-27-21-23-16(10-20(26)25(14)21)12-24-8-6-15(7-9-24)18-11-22-19-5-3-2-4-17(18)19/h2-6,10-11,13,22H,7-9,12H2,1H3. The summed E-state index contributed by atoms with van der Waals surface area (Å²) in [5, 5.41) is 3.26. The maximum absolute atomic E-state index is 12.4. The topological polar surface area (TPSA) is 53.4 Å². The number of fused-ring (bicyclic) bond motifs is 2. The molecule has 0 saturated heterocycles. The number of aryl methyl sites for hydroxylation is 1. The summed E-state index contributed by atoms with van der Waals surface area (Å²) in [7, 11) is 0. The summed E-state index contributed by atoms with van der Waals surface area (Å²) in [4.78, 5) is 23.5. The van der Waals surface area contributed by atoms with Crippen LogP contribution in [0.25, 0.3) is 21.4 Å². The number of para-hydroxylation sites is 1. The molecule has 136 valence electrons. The Balaban J connectivity index is 1.36. The molecule has 1 aromatic carbocycles. The third kappa shape index (κ3) is 2.91. The Morgan fingerprint density at radius 1 is 1.30 bits per heavy atom. The molecule has 0 aliphatic carbocycles. The molecule has 1 aliphatic rings. The summed E-state index contributed by atoms with van der Waals surface area (Å²) in [6.45, 7) is 4.49. The average molecular weight is 376 g/mol. The lowest BCUT2D eigenvalue weighted by atomic mass is 9.99. The number of aromatic nitrogens is 3. The molecule has 0 atom stereocenters. The van der Waals surface area contributed by atoms with Crippen molar-refractivity contribution < 1.29 is 0 Å². The van der Waals surface area contributed by atoms with Gasteiger partial charge >= 0.3 is 0 Å². The van der Waals surface area contributed by atoms with Crippen LogP contribution >= 0.6 is 11.3 Å². The zero-order valence-corrected chi connectivity index (χ0v) is 15.9. The molecule has 5 rings (SSSR count). The Hall–Kier alpha value is -2.70. The summed E-state index contributed by atoms with van der Waals surface area (Å²) in [5.41, 5.74) is 5.69. The van der Waals surface area contributed by atoms with Gasteiger partial charge < -0.3 is 4.98 Å². The first-order valence-corrected chi connectivity index (χ1v) is 10.0. The van der Waals surface area contributed by atoms with E-state index in [1.54, 1.807) is 10.5 Å². The number of nitrogens with one attached hydrogen (secondary N) is 1. The Labute approximate surface area is 160 Å². The predicted octanol–water partition coefficient (Wildman–Crippen LogP) is 3.84. The van der Waals surface area contributed by atoms with E-state index in [-0.39, 0.29) is 5.56 Å². The van der Waals surface area contributed by atoms with Gasteiger partial charge in [0, 0.05) is 59.4 Å². The van der Waals surface area contributed by atoms with Gasteiger partial charge in [0.2, 0.25) is 0 Å². The summed E-state index contributed by atoms with van der Waals surface area (Å²) >= 11 is 1.52. The molecule has 0 unspecified atom stereocenters. The van der Waals surface area contributed by atoms with Crippen molar-refractivity contribution in [1.29, 1.82) is 0 Å². The first-order chi connectivity index (χ1) is 13.2. The molecule has 0 saturated carbocycles. The number of aromatic amines is 1. The van der Waals surface area contributed by atoms with E-state index in [4.69, 9.17) is 0 Å². The zero-order valence-electron chi connectivity index (χ0n) is 15.1. The van der Waals surface area contributed by atoms with Crippen molar-refractivity contribution in [2.24, 2.45) is 0 Å². The minimum Gasteiger partial charge on any atom is -0.361 e. The van der Waals surface area contributed by atoms with E-state index in [0.29, 0.717) is 6.54 Å². The molecule has 4 heterocycles. The van der Waals surface area contributed by atoms with E-state index in [9.17, 15) is 4.79 Å². The van der Waals surface area contributed by atoms with E-state index < -0.39 is 0 Å². The number of hydrogen-bond acceptors (Lipinski definition) is 4. The van der Waals surface area contributed by atoms with Crippen LogP contribution in [0.2, 0.25) is 0 Å². The van der Waals surface area contributed by atoms with Crippen molar-refractivity contribution in [2.75, 3.05) is 13.1 Å². The number of nitrogens with zero attached hydrogens (tertiary/aromatic N) is 3. The van der Waals surface area contributed by atoms with Gasteiger partial charge in [-0.15, -0.1) is 11.3 Å². The molecular weight excluding hydrogens is 356 g/mol. The monoisotopic (exact) mass is 376 g/mol. The van der Waals surface area contributed by atoms with E-state index >= 15 is 0 Å². The second-order valence-electron chi connectivity index (χ2n) is 7.04. The van der Waals surface area contributed by atoms with Gasteiger partial charge in [-0.05, 0) is 25.0 Å². The number of hydrogen-bond donors (Lipinski definition) is 1. The predicted molar refractivity (Wildman–Crippen MR) is 110 cm³/mol. The molecular formula is C21H20N4OS. The fourth-order valence-electron chi connectivity index (χ4n) is 3.85. The average Bonchev–Trinajstić information content (AvgIpc) is 3.27. The molecule has 0 fully saturated rings. The highest BCUT2D eigenvalue weighted by molar-refractivity contribution is 7.15. The maximum Gasteiger partial charge on any atom is 0.259 e. The van der Waals surface area contributed by atoms with Crippen LogP contribution in [0.4, 0.5) is 0 Å². The molecule has 0 bridgehead atoms. The maximum atomic E-state index is 12.4. The van der Waals surface area contributed by atoms with Crippen molar-refractivity contribution in [3.63, 3.8) is 0 Å². The van der Waals surface area contributed by atoms with Crippen molar-refractivity contribution >= 4 is 32.8 Å². The Kier molecular flexibility index (Phi) is 3.95. The Bertz CT molecular complexity index is 1230. The fourth-order valence-corrected chi connectivity index (χ4v) is 4.74. The van der Waals surface area contributed by atoms with Gasteiger partial charge in [-0.25, -0.2) is 4.98 Å². The number of thiazole rings is 1. The minimum atomic E-state index is 0.0146. The van der Waals surface area contributed by atoms with Crippen LogP contribution < -0.4 is 5.56 Å². The van der Waals surface area contributed by atoms with Gasteiger partial charge in [-0.1, -0.05) is 24.3 Å². The second-order valence-corrected chi connectivity index (χ2v) is 7.88. The Morgan fingerprint density at radius 3 is 3.04 bits per heavy atom. The first kappa shape index (κ1) is 16.5. The molecule has 3 aromatic heterocycles. The number of rotatable bonds is 3. The molecule has 27 heavy (non-hydrogen) atoms. The van der Waals surface area contributed by atoms with Gasteiger partial charge in [0.15, 0.2) is 4.96 Å². The second kappa shape index (κ2) is 6.48. The van der Waals surface area contributed by atoms with Crippen molar-refractivity contribution in [3.05, 3.63) is 75.3 Å². The van der Waals surface area contributed by atoms with Gasteiger partial charge in [-0.3, -0.25) is 14.1 Å². The Morgan fingerprint density at radius 2 is 2.19 bits per heavy atom. The van der Waals surface area contributed by atoms with Crippen LogP contribution in [-0.2, 0) is 6.54 Å². The highest BCUT2D eigenvalue weighted by Crippen LogP contribution is 2.29.